The van der Waals surface area contributed by atoms with E-state index in [4.69, 9.17) is 9.47 Å². The Kier molecular flexibility index (Phi) is 10.8. The molecule has 2 heterocycles. The van der Waals surface area contributed by atoms with Crippen LogP contribution < -0.4 is 9.47 Å². The van der Waals surface area contributed by atoms with Crippen LogP contribution in [0.5, 0.6) is 11.5 Å². The summed E-state index contributed by atoms with van der Waals surface area (Å²) >= 11 is 1.68. The Labute approximate surface area is 269 Å². The minimum atomic E-state index is -0.101. The summed E-state index contributed by atoms with van der Waals surface area (Å²) in [6.45, 7) is 5.61. The first-order valence-corrected chi connectivity index (χ1v) is 16.4. The molecule has 0 N–H and O–H groups in total. The monoisotopic (exact) mass is 627 g/mol. The van der Waals surface area contributed by atoms with Crippen molar-refractivity contribution in [2.45, 2.75) is 50.7 Å². The molecule has 10 heteroatoms. The standard InChI is InChI=1S/C35H41N5O4S/c1-25-12-8-9-15-30(25)40-32(22-27-13-6-5-7-14-27)36-37-35(40)45-21-11-10-16-33(41)38-19-20-39(26(2)24-38)34(42)29-18-17-28(43-3)23-31(29)44-4/h5-9,12-15,17-18,23,26H,10-11,16,19-22,24H2,1-4H3. The van der Waals surface area contributed by atoms with Crippen LogP contribution in [0.2, 0.25) is 0 Å². The summed E-state index contributed by atoms with van der Waals surface area (Å²) in [4.78, 5) is 30.2. The summed E-state index contributed by atoms with van der Waals surface area (Å²) in [5, 5.41) is 10.00. The molecule has 3 aromatic carbocycles. The highest BCUT2D eigenvalue weighted by Gasteiger charge is 2.31. The number of carbonyl (C=O) groups excluding carboxylic acids is 2. The first-order valence-electron chi connectivity index (χ1n) is 15.4. The van der Waals surface area contributed by atoms with E-state index in [1.54, 1.807) is 44.2 Å². The van der Waals surface area contributed by atoms with E-state index in [0.717, 1.165) is 35.3 Å². The molecule has 5 rings (SSSR count). The molecule has 1 atom stereocenters. The third kappa shape index (κ3) is 7.68. The van der Waals surface area contributed by atoms with E-state index in [1.165, 1.54) is 11.1 Å². The summed E-state index contributed by atoms with van der Waals surface area (Å²) in [6.07, 6.45) is 2.85. The van der Waals surface area contributed by atoms with Crippen LogP contribution in [0.3, 0.4) is 0 Å². The Hall–Kier alpha value is -4.31. The molecular formula is C35H41N5O4S. The average Bonchev–Trinajstić information content (AvgIpc) is 3.45. The molecule has 1 aromatic heterocycles. The summed E-state index contributed by atoms with van der Waals surface area (Å²) in [5.74, 6) is 2.89. The van der Waals surface area contributed by atoms with Crippen LogP contribution in [0.1, 0.15) is 53.5 Å². The van der Waals surface area contributed by atoms with E-state index >= 15 is 0 Å². The van der Waals surface area contributed by atoms with Gasteiger partial charge in [0.2, 0.25) is 5.91 Å². The van der Waals surface area contributed by atoms with Crippen LogP contribution in [0.25, 0.3) is 5.69 Å². The lowest BCUT2D eigenvalue weighted by Crippen LogP contribution is -2.55. The van der Waals surface area contributed by atoms with Gasteiger partial charge in [0.1, 0.15) is 17.3 Å². The number of aromatic nitrogens is 3. The molecule has 1 aliphatic rings. The molecule has 9 nitrogen and oxygen atoms in total. The fraction of sp³-hybridized carbons (Fsp3) is 0.371. The normalized spacial score (nSPS) is 14.8. The van der Waals surface area contributed by atoms with Gasteiger partial charge in [-0.1, -0.05) is 60.3 Å². The Balaban J connectivity index is 1.13. The molecule has 236 valence electrons. The van der Waals surface area contributed by atoms with Gasteiger partial charge in [-0.2, -0.15) is 0 Å². The number of hydrogen-bond donors (Lipinski definition) is 0. The molecule has 0 saturated carbocycles. The van der Waals surface area contributed by atoms with Gasteiger partial charge in [-0.3, -0.25) is 14.2 Å². The van der Waals surface area contributed by atoms with Crippen LogP contribution in [0.4, 0.5) is 0 Å². The number of amides is 2. The van der Waals surface area contributed by atoms with Crippen LogP contribution in [-0.4, -0.2) is 82.0 Å². The third-order valence-electron chi connectivity index (χ3n) is 8.16. The number of carbonyl (C=O) groups is 2. The lowest BCUT2D eigenvalue weighted by Gasteiger charge is -2.40. The van der Waals surface area contributed by atoms with Gasteiger partial charge in [-0.05, 0) is 56.0 Å². The quantitative estimate of drug-likeness (QED) is 0.145. The lowest BCUT2D eigenvalue weighted by molar-refractivity contribution is -0.133. The zero-order valence-corrected chi connectivity index (χ0v) is 27.3. The van der Waals surface area contributed by atoms with Crippen molar-refractivity contribution < 1.29 is 19.1 Å². The molecule has 1 unspecified atom stereocenters. The van der Waals surface area contributed by atoms with Crippen LogP contribution in [0.15, 0.2) is 78.0 Å². The SMILES string of the molecule is COc1ccc(C(=O)N2CCN(C(=O)CCCCSc3nnc(Cc4ccccc4)n3-c3ccccc3C)CC2C)c(OC)c1. The molecule has 1 aliphatic heterocycles. The molecule has 2 amide bonds. The van der Waals surface area contributed by atoms with Gasteiger partial charge in [0.15, 0.2) is 5.16 Å². The van der Waals surface area contributed by atoms with Gasteiger partial charge in [-0.15, -0.1) is 10.2 Å². The van der Waals surface area contributed by atoms with E-state index in [-0.39, 0.29) is 17.9 Å². The predicted molar refractivity (Wildman–Crippen MR) is 177 cm³/mol. The number of methoxy groups -OCH3 is 2. The van der Waals surface area contributed by atoms with Gasteiger partial charge in [-0.25, -0.2) is 0 Å². The molecule has 0 bridgehead atoms. The number of unbranched alkanes of at least 4 members (excludes halogenated alkanes) is 1. The van der Waals surface area contributed by atoms with E-state index in [0.29, 0.717) is 49.5 Å². The lowest BCUT2D eigenvalue weighted by atomic mass is 10.1. The number of nitrogens with zero attached hydrogens (tertiary/aromatic N) is 5. The maximum Gasteiger partial charge on any atom is 0.257 e. The number of hydrogen-bond acceptors (Lipinski definition) is 7. The molecule has 1 saturated heterocycles. The number of aryl methyl sites for hydroxylation is 1. The maximum absolute atomic E-state index is 13.3. The Morgan fingerprint density at radius 1 is 0.933 bits per heavy atom. The van der Waals surface area contributed by atoms with Crippen molar-refractivity contribution in [2.24, 2.45) is 0 Å². The first-order chi connectivity index (χ1) is 21.9. The number of benzene rings is 3. The molecule has 0 spiro atoms. The van der Waals surface area contributed by atoms with Crippen molar-refractivity contribution in [1.82, 2.24) is 24.6 Å². The molecule has 1 fully saturated rings. The van der Waals surface area contributed by atoms with Crippen molar-refractivity contribution in [3.63, 3.8) is 0 Å². The maximum atomic E-state index is 13.3. The number of piperazine rings is 1. The Bertz CT molecular complexity index is 1610. The minimum Gasteiger partial charge on any atom is -0.497 e. The zero-order valence-electron chi connectivity index (χ0n) is 26.4. The zero-order chi connectivity index (χ0) is 31.8. The van der Waals surface area contributed by atoms with Gasteiger partial charge in [0, 0.05) is 50.3 Å². The second kappa shape index (κ2) is 15.1. The third-order valence-corrected chi connectivity index (χ3v) is 9.17. The predicted octanol–water partition coefficient (Wildman–Crippen LogP) is 5.82. The number of rotatable bonds is 12. The van der Waals surface area contributed by atoms with Gasteiger partial charge < -0.3 is 19.3 Å². The van der Waals surface area contributed by atoms with Gasteiger partial charge in [0.05, 0.1) is 25.5 Å². The number of thioether (sulfide) groups is 1. The van der Waals surface area contributed by atoms with E-state index in [1.807, 2.05) is 47.1 Å². The van der Waals surface area contributed by atoms with Crippen LogP contribution in [0, 0.1) is 6.92 Å². The second-order valence-corrected chi connectivity index (χ2v) is 12.3. The number of ether oxygens (including phenoxy) is 2. The number of para-hydroxylation sites is 1. The smallest absolute Gasteiger partial charge is 0.257 e. The fourth-order valence-electron chi connectivity index (χ4n) is 5.66. The van der Waals surface area contributed by atoms with Crippen LogP contribution >= 0.6 is 11.8 Å². The van der Waals surface area contributed by atoms with Crippen LogP contribution in [-0.2, 0) is 11.2 Å². The van der Waals surface area contributed by atoms with Gasteiger partial charge in [0.25, 0.3) is 5.91 Å². The largest absolute Gasteiger partial charge is 0.497 e. The first kappa shape index (κ1) is 32.1. The average molecular weight is 628 g/mol. The Morgan fingerprint density at radius 3 is 2.44 bits per heavy atom. The van der Waals surface area contributed by atoms with E-state index in [2.05, 4.69) is 46.0 Å². The summed E-state index contributed by atoms with van der Waals surface area (Å²) in [6, 6.07) is 23.7. The molecule has 45 heavy (non-hydrogen) atoms. The highest BCUT2D eigenvalue weighted by atomic mass is 32.2. The molecule has 0 radical (unpaired) electrons. The summed E-state index contributed by atoms with van der Waals surface area (Å²) in [7, 11) is 3.12. The molecule has 4 aromatic rings. The topological polar surface area (TPSA) is 89.8 Å². The minimum absolute atomic E-state index is 0.100. The second-order valence-electron chi connectivity index (χ2n) is 11.2. The van der Waals surface area contributed by atoms with Crippen molar-refractivity contribution in [1.29, 1.82) is 0 Å². The highest BCUT2D eigenvalue weighted by molar-refractivity contribution is 7.99. The van der Waals surface area contributed by atoms with E-state index in [9.17, 15) is 9.59 Å². The summed E-state index contributed by atoms with van der Waals surface area (Å²) < 4.78 is 12.9. The van der Waals surface area contributed by atoms with E-state index < -0.39 is 0 Å². The van der Waals surface area contributed by atoms with Gasteiger partial charge >= 0.3 is 0 Å². The molecule has 0 aliphatic carbocycles. The van der Waals surface area contributed by atoms with Crippen molar-refractivity contribution in [3.8, 4) is 17.2 Å². The Morgan fingerprint density at radius 2 is 1.71 bits per heavy atom. The highest BCUT2D eigenvalue weighted by Crippen LogP contribution is 2.28. The summed E-state index contributed by atoms with van der Waals surface area (Å²) in [5.41, 5.74) is 3.93. The van der Waals surface area contributed by atoms with Crippen molar-refractivity contribution in [3.05, 3.63) is 95.3 Å². The fourth-order valence-corrected chi connectivity index (χ4v) is 6.62. The molecular weight excluding hydrogens is 586 g/mol. The van der Waals surface area contributed by atoms with Crippen molar-refractivity contribution in [2.75, 3.05) is 39.6 Å². The van der Waals surface area contributed by atoms with Crippen molar-refractivity contribution >= 4 is 23.6 Å².